The lowest BCUT2D eigenvalue weighted by Gasteiger charge is -2.09. The molecule has 0 bridgehead atoms. The van der Waals surface area contributed by atoms with E-state index in [2.05, 4.69) is 25.5 Å². The number of H-pyrrole nitrogens is 1. The van der Waals surface area contributed by atoms with Crippen molar-refractivity contribution in [3.05, 3.63) is 30.2 Å². The lowest BCUT2D eigenvalue weighted by Crippen LogP contribution is -2.14. The van der Waals surface area contributed by atoms with Gasteiger partial charge in [-0.25, -0.2) is 18.7 Å². The Morgan fingerprint density at radius 2 is 2.21 bits per heavy atom. The third kappa shape index (κ3) is 2.83. The number of thiazole rings is 1. The lowest BCUT2D eigenvalue weighted by atomic mass is 10.1. The maximum absolute atomic E-state index is 14.5. The second-order valence-electron chi connectivity index (χ2n) is 6.49. The van der Waals surface area contributed by atoms with Gasteiger partial charge in [-0.2, -0.15) is 5.10 Å². The topological polar surface area (TPSA) is 83.6 Å². The third-order valence-corrected chi connectivity index (χ3v) is 6.34. The first-order valence-electron chi connectivity index (χ1n) is 8.47. The highest BCUT2D eigenvalue weighted by molar-refractivity contribution is 7.98. The van der Waals surface area contributed by atoms with E-state index in [1.807, 2.05) is 6.26 Å². The number of fused-ring (bicyclic) bond motifs is 2. The predicted molar refractivity (Wildman–Crippen MR) is 106 cm³/mol. The number of hydrogen-bond acceptors (Lipinski definition) is 6. The van der Waals surface area contributed by atoms with Crippen LogP contribution in [0.3, 0.4) is 0 Å². The Bertz CT molecular complexity index is 1240. The molecule has 2 unspecified atom stereocenters. The lowest BCUT2D eigenvalue weighted by molar-refractivity contribution is -0.117. The molecule has 0 spiro atoms. The summed E-state index contributed by atoms with van der Waals surface area (Å²) in [5.74, 6) is -1.29. The molecule has 1 amide bonds. The van der Waals surface area contributed by atoms with E-state index < -0.39 is 12.1 Å². The minimum absolute atomic E-state index is 0.261. The number of benzene rings is 1. The summed E-state index contributed by atoms with van der Waals surface area (Å²) in [5.41, 5.74) is 2.46. The van der Waals surface area contributed by atoms with Crippen LogP contribution < -0.4 is 5.32 Å². The summed E-state index contributed by atoms with van der Waals surface area (Å²) in [4.78, 5) is 22.0. The van der Waals surface area contributed by atoms with Crippen molar-refractivity contribution in [2.24, 2.45) is 5.92 Å². The number of pyridine rings is 1. The molecule has 5 rings (SSSR count). The molecule has 1 aliphatic carbocycles. The van der Waals surface area contributed by atoms with Gasteiger partial charge in [0.1, 0.15) is 22.3 Å². The van der Waals surface area contributed by atoms with Gasteiger partial charge in [0.25, 0.3) is 0 Å². The molecule has 2 N–H and O–H groups in total. The maximum atomic E-state index is 14.5. The van der Waals surface area contributed by atoms with Crippen LogP contribution >= 0.6 is 23.1 Å². The predicted octanol–water partition coefficient (Wildman–Crippen LogP) is 4.39. The number of thioether (sulfide) groups is 1. The van der Waals surface area contributed by atoms with E-state index >= 15 is 0 Å². The first-order chi connectivity index (χ1) is 13.5. The Kier molecular flexibility index (Phi) is 4.06. The molecule has 0 aliphatic heterocycles. The summed E-state index contributed by atoms with van der Waals surface area (Å²) >= 11 is 2.51. The number of halogens is 2. The second kappa shape index (κ2) is 6.49. The Morgan fingerprint density at radius 1 is 1.39 bits per heavy atom. The summed E-state index contributed by atoms with van der Waals surface area (Å²) in [6, 6.07) is 4.97. The minimum atomic E-state index is -1.06. The van der Waals surface area contributed by atoms with Gasteiger partial charge in [0.15, 0.2) is 5.13 Å². The number of nitrogens with one attached hydrogen (secondary N) is 2. The number of hydrogen-bond donors (Lipinski definition) is 2. The number of anilines is 1. The Hall–Kier alpha value is -2.59. The number of nitrogens with zero attached hydrogens (tertiary/aromatic N) is 3. The standard InChI is InChI=1S/C18H13F2N5OS2/c1-27-15-10(20)5-13-8(6-21-25-13)14(15)11-2-3-12-17(22-11)28-18(23-12)24-16(26)7-4-9(7)19/h2-3,5-7,9H,4H2,1H3,(H,21,25)(H,23,24,26). The van der Waals surface area contributed by atoms with Gasteiger partial charge in [-0.1, -0.05) is 11.3 Å². The normalized spacial score (nSPS) is 18.7. The van der Waals surface area contributed by atoms with Crippen molar-refractivity contribution >= 4 is 55.4 Å². The summed E-state index contributed by atoms with van der Waals surface area (Å²) < 4.78 is 27.6. The number of alkyl halides is 1. The average molecular weight is 417 g/mol. The van der Waals surface area contributed by atoms with Gasteiger partial charge in [0.2, 0.25) is 5.91 Å². The van der Waals surface area contributed by atoms with E-state index in [1.54, 1.807) is 18.3 Å². The molecule has 2 atom stereocenters. The van der Waals surface area contributed by atoms with E-state index in [0.717, 1.165) is 5.39 Å². The highest BCUT2D eigenvalue weighted by atomic mass is 32.2. The fraction of sp³-hybridized carbons (Fsp3) is 0.222. The molecule has 10 heteroatoms. The maximum Gasteiger partial charge on any atom is 0.232 e. The van der Waals surface area contributed by atoms with Crippen molar-refractivity contribution in [2.45, 2.75) is 17.5 Å². The highest BCUT2D eigenvalue weighted by Crippen LogP contribution is 2.39. The van der Waals surface area contributed by atoms with Crippen LogP contribution in [0.1, 0.15) is 6.42 Å². The monoisotopic (exact) mass is 417 g/mol. The molecule has 0 saturated heterocycles. The van der Waals surface area contributed by atoms with Crippen molar-refractivity contribution in [1.82, 2.24) is 20.2 Å². The van der Waals surface area contributed by atoms with Gasteiger partial charge in [0, 0.05) is 17.0 Å². The zero-order chi connectivity index (χ0) is 19.4. The molecule has 1 fully saturated rings. The van der Waals surface area contributed by atoms with Gasteiger partial charge in [-0.05, 0) is 24.8 Å². The van der Waals surface area contributed by atoms with Gasteiger partial charge >= 0.3 is 0 Å². The van der Waals surface area contributed by atoms with Crippen LogP contribution in [0.15, 0.2) is 29.3 Å². The fourth-order valence-electron chi connectivity index (χ4n) is 3.14. The number of amides is 1. The molecule has 6 nitrogen and oxygen atoms in total. The summed E-state index contributed by atoms with van der Waals surface area (Å²) in [6.45, 7) is 0. The fourth-order valence-corrected chi connectivity index (χ4v) is 4.65. The van der Waals surface area contributed by atoms with Crippen molar-refractivity contribution in [2.75, 3.05) is 11.6 Å². The second-order valence-corrected chi connectivity index (χ2v) is 8.28. The zero-order valence-electron chi connectivity index (χ0n) is 14.5. The van der Waals surface area contributed by atoms with Crippen molar-refractivity contribution in [3.8, 4) is 11.3 Å². The molecule has 3 heterocycles. The Balaban J connectivity index is 1.58. The number of rotatable bonds is 4. The zero-order valence-corrected chi connectivity index (χ0v) is 16.1. The number of carbonyl (C=O) groups excluding carboxylic acids is 1. The van der Waals surface area contributed by atoms with Gasteiger partial charge in [-0.15, -0.1) is 11.8 Å². The number of carbonyl (C=O) groups is 1. The van der Waals surface area contributed by atoms with Crippen LogP contribution in [-0.4, -0.2) is 38.5 Å². The number of aromatic nitrogens is 4. The molecule has 3 aromatic heterocycles. The largest absolute Gasteiger partial charge is 0.302 e. The van der Waals surface area contributed by atoms with Crippen LogP contribution in [0.4, 0.5) is 13.9 Å². The molecule has 1 aromatic carbocycles. The van der Waals surface area contributed by atoms with Crippen molar-refractivity contribution in [1.29, 1.82) is 0 Å². The molecule has 4 aromatic rings. The van der Waals surface area contributed by atoms with Crippen LogP contribution in [0, 0.1) is 11.7 Å². The molecule has 142 valence electrons. The SMILES string of the molecule is CSc1c(F)cc2[nH]ncc2c1-c1ccc2nc(NC(=O)C3CC3F)sc2n1. The van der Waals surface area contributed by atoms with Crippen LogP contribution in [-0.2, 0) is 4.79 Å². The first kappa shape index (κ1) is 17.5. The van der Waals surface area contributed by atoms with E-state index in [0.29, 0.717) is 37.1 Å². The van der Waals surface area contributed by atoms with Crippen molar-refractivity contribution in [3.63, 3.8) is 0 Å². The third-order valence-electron chi connectivity index (χ3n) is 4.65. The first-order valence-corrected chi connectivity index (χ1v) is 10.5. The average Bonchev–Trinajstić information content (AvgIpc) is 3.05. The van der Waals surface area contributed by atoms with Crippen LogP contribution in [0.25, 0.3) is 32.5 Å². The van der Waals surface area contributed by atoms with Crippen LogP contribution in [0.2, 0.25) is 0 Å². The number of aromatic amines is 1. The molecular formula is C18H13F2N5OS2. The van der Waals surface area contributed by atoms with E-state index in [4.69, 9.17) is 0 Å². The molecule has 28 heavy (non-hydrogen) atoms. The van der Waals surface area contributed by atoms with Gasteiger partial charge in [0.05, 0.1) is 28.2 Å². The van der Waals surface area contributed by atoms with Crippen LogP contribution in [0.5, 0.6) is 0 Å². The molecule has 1 aliphatic rings. The highest BCUT2D eigenvalue weighted by Gasteiger charge is 2.43. The van der Waals surface area contributed by atoms with Gasteiger partial charge < -0.3 is 5.32 Å². The minimum Gasteiger partial charge on any atom is -0.302 e. The molecular weight excluding hydrogens is 404 g/mol. The summed E-state index contributed by atoms with van der Waals surface area (Å²) in [7, 11) is 0. The van der Waals surface area contributed by atoms with Gasteiger partial charge in [-0.3, -0.25) is 9.89 Å². The smallest absolute Gasteiger partial charge is 0.232 e. The quantitative estimate of drug-likeness (QED) is 0.481. The Labute approximate surface area is 165 Å². The summed E-state index contributed by atoms with van der Waals surface area (Å²) in [6.07, 6.45) is 2.66. The van der Waals surface area contributed by atoms with E-state index in [9.17, 15) is 13.6 Å². The van der Waals surface area contributed by atoms with E-state index in [-0.39, 0.29) is 18.1 Å². The Morgan fingerprint density at radius 3 is 2.96 bits per heavy atom. The molecule has 1 saturated carbocycles. The van der Waals surface area contributed by atoms with E-state index in [1.165, 1.54) is 29.2 Å². The molecule has 0 radical (unpaired) electrons. The van der Waals surface area contributed by atoms with Crippen molar-refractivity contribution < 1.29 is 13.6 Å². The summed E-state index contributed by atoms with van der Waals surface area (Å²) in [5, 5.41) is 10.6.